The highest BCUT2D eigenvalue weighted by atomic mass is 32.2. The summed E-state index contributed by atoms with van der Waals surface area (Å²) in [5.41, 5.74) is 6.59. The first-order valence-corrected chi connectivity index (χ1v) is 11.0. The Hall–Kier alpha value is -3.05. The lowest BCUT2D eigenvalue weighted by molar-refractivity contribution is 0.0955. The van der Waals surface area contributed by atoms with Gasteiger partial charge in [-0.3, -0.25) is 4.79 Å². The lowest BCUT2D eigenvalue weighted by Crippen LogP contribution is -2.19. The van der Waals surface area contributed by atoms with Crippen molar-refractivity contribution in [3.05, 3.63) is 89.5 Å². The van der Waals surface area contributed by atoms with Crippen molar-refractivity contribution in [3.8, 4) is 0 Å². The molecule has 152 valence electrons. The van der Waals surface area contributed by atoms with E-state index in [9.17, 15) is 4.79 Å². The topological polar surface area (TPSA) is 44.7 Å². The summed E-state index contributed by atoms with van der Waals surface area (Å²) in [4.78, 5) is 17.0. The van der Waals surface area contributed by atoms with E-state index in [1.165, 1.54) is 29.0 Å². The van der Waals surface area contributed by atoms with Crippen LogP contribution in [0.3, 0.4) is 0 Å². The van der Waals surface area contributed by atoms with E-state index in [0.717, 1.165) is 23.5 Å². The first kappa shape index (κ1) is 20.2. The largest absolute Gasteiger partial charge is 0.372 e. The normalized spacial score (nSPS) is 13.7. The fourth-order valence-corrected chi connectivity index (χ4v) is 4.21. The number of nitrogens with one attached hydrogen (secondary N) is 1. The Balaban J connectivity index is 1.30. The van der Waals surface area contributed by atoms with E-state index < -0.39 is 0 Å². The van der Waals surface area contributed by atoms with Crippen molar-refractivity contribution in [3.63, 3.8) is 0 Å². The van der Waals surface area contributed by atoms with E-state index >= 15 is 0 Å². The van der Waals surface area contributed by atoms with Crippen LogP contribution in [0.5, 0.6) is 0 Å². The minimum absolute atomic E-state index is 0.203. The molecular formula is C25H25N3OS. The van der Waals surface area contributed by atoms with Crippen LogP contribution in [0.15, 0.2) is 87.7 Å². The molecule has 1 heterocycles. The number of carbonyl (C=O) groups is 1. The van der Waals surface area contributed by atoms with Crippen LogP contribution in [0.4, 0.5) is 5.69 Å². The molecule has 0 aliphatic carbocycles. The molecule has 0 radical (unpaired) electrons. The van der Waals surface area contributed by atoms with E-state index in [2.05, 4.69) is 58.7 Å². The lowest BCUT2D eigenvalue weighted by atomic mass is 10.2. The molecule has 0 spiro atoms. The third-order valence-electron chi connectivity index (χ3n) is 5.12. The molecule has 0 saturated carbocycles. The van der Waals surface area contributed by atoms with Crippen molar-refractivity contribution in [2.75, 3.05) is 18.0 Å². The minimum atomic E-state index is -0.203. The van der Waals surface area contributed by atoms with Crippen LogP contribution in [0.25, 0.3) is 0 Å². The summed E-state index contributed by atoms with van der Waals surface area (Å²) >= 11 is 1.72. The molecule has 4 rings (SSSR count). The van der Waals surface area contributed by atoms with E-state index in [-0.39, 0.29) is 5.91 Å². The molecule has 1 fully saturated rings. The van der Waals surface area contributed by atoms with Gasteiger partial charge in [-0.2, -0.15) is 5.10 Å². The molecule has 5 heteroatoms. The number of hydrogen-bond acceptors (Lipinski definition) is 4. The number of hydrogen-bond donors (Lipinski definition) is 1. The predicted molar refractivity (Wildman–Crippen MR) is 125 cm³/mol. The van der Waals surface area contributed by atoms with Gasteiger partial charge in [-0.15, -0.1) is 0 Å². The van der Waals surface area contributed by atoms with Crippen LogP contribution in [-0.4, -0.2) is 25.2 Å². The molecule has 3 aromatic carbocycles. The smallest absolute Gasteiger partial charge is 0.271 e. The summed E-state index contributed by atoms with van der Waals surface area (Å²) in [6.45, 7) is 4.28. The molecule has 1 aliphatic heterocycles. The molecule has 1 N–H and O–H groups in total. The summed E-state index contributed by atoms with van der Waals surface area (Å²) in [7, 11) is 0. The Morgan fingerprint density at radius 2 is 1.50 bits per heavy atom. The van der Waals surface area contributed by atoms with E-state index in [1.807, 2.05) is 36.4 Å². The van der Waals surface area contributed by atoms with Crippen LogP contribution >= 0.6 is 11.8 Å². The van der Waals surface area contributed by atoms with Crippen LogP contribution in [0.1, 0.15) is 34.3 Å². The van der Waals surface area contributed by atoms with Gasteiger partial charge in [0, 0.05) is 34.1 Å². The summed E-state index contributed by atoms with van der Waals surface area (Å²) in [6, 6.07) is 24.3. The first-order chi connectivity index (χ1) is 14.7. The first-order valence-electron chi connectivity index (χ1n) is 10.2. The van der Waals surface area contributed by atoms with Gasteiger partial charge in [0.2, 0.25) is 0 Å². The molecule has 1 aliphatic rings. The van der Waals surface area contributed by atoms with Gasteiger partial charge >= 0.3 is 0 Å². The van der Waals surface area contributed by atoms with Crippen LogP contribution < -0.4 is 10.3 Å². The van der Waals surface area contributed by atoms with Crippen molar-refractivity contribution in [1.82, 2.24) is 5.43 Å². The third-order valence-corrected chi connectivity index (χ3v) is 6.13. The maximum atomic E-state index is 12.3. The van der Waals surface area contributed by atoms with E-state index in [4.69, 9.17) is 0 Å². The zero-order chi connectivity index (χ0) is 20.8. The van der Waals surface area contributed by atoms with Crippen molar-refractivity contribution in [2.24, 2.45) is 5.10 Å². The average molecular weight is 416 g/mol. The molecule has 0 atom stereocenters. The quantitative estimate of drug-likeness (QED) is 0.426. The Bertz CT molecular complexity index is 1010. The van der Waals surface area contributed by atoms with Crippen LogP contribution in [0.2, 0.25) is 0 Å². The molecule has 1 saturated heterocycles. The number of nitrogens with zero attached hydrogens (tertiary/aromatic N) is 2. The van der Waals surface area contributed by atoms with Gasteiger partial charge in [-0.1, -0.05) is 41.6 Å². The number of aryl methyl sites for hydroxylation is 1. The Morgan fingerprint density at radius 1 is 0.900 bits per heavy atom. The minimum Gasteiger partial charge on any atom is -0.372 e. The van der Waals surface area contributed by atoms with Crippen molar-refractivity contribution in [2.45, 2.75) is 29.6 Å². The molecule has 3 aromatic rings. The monoisotopic (exact) mass is 415 g/mol. The zero-order valence-corrected chi connectivity index (χ0v) is 17.9. The van der Waals surface area contributed by atoms with Gasteiger partial charge in [0.15, 0.2) is 0 Å². The lowest BCUT2D eigenvalue weighted by Gasteiger charge is -2.17. The molecule has 0 aromatic heterocycles. The summed E-state index contributed by atoms with van der Waals surface area (Å²) < 4.78 is 0. The van der Waals surface area contributed by atoms with Crippen LogP contribution in [-0.2, 0) is 0 Å². The highest BCUT2D eigenvalue weighted by molar-refractivity contribution is 7.99. The van der Waals surface area contributed by atoms with Gasteiger partial charge < -0.3 is 4.90 Å². The second-order valence-corrected chi connectivity index (χ2v) is 8.57. The molecule has 1 amide bonds. The van der Waals surface area contributed by atoms with Gasteiger partial charge in [0.25, 0.3) is 5.91 Å². The number of hydrazone groups is 1. The number of benzene rings is 3. The van der Waals surface area contributed by atoms with Gasteiger partial charge in [-0.05, 0) is 73.9 Å². The number of amides is 1. The zero-order valence-electron chi connectivity index (χ0n) is 17.0. The molecule has 0 unspecified atom stereocenters. The average Bonchev–Trinajstić information content (AvgIpc) is 3.32. The van der Waals surface area contributed by atoms with Gasteiger partial charge in [-0.25, -0.2) is 5.43 Å². The van der Waals surface area contributed by atoms with Crippen LogP contribution in [0, 0.1) is 6.92 Å². The van der Waals surface area contributed by atoms with E-state index in [0.29, 0.717) is 5.56 Å². The fraction of sp³-hybridized carbons (Fsp3) is 0.200. The third kappa shape index (κ3) is 5.30. The Morgan fingerprint density at radius 3 is 2.13 bits per heavy atom. The fourth-order valence-electron chi connectivity index (χ4n) is 3.39. The maximum Gasteiger partial charge on any atom is 0.271 e. The molecule has 30 heavy (non-hydrogen) atoms. The second-order valence-electron chi connectivity index (χ2n) is 7.42. The maximum absolute atomic E-state index is 12.3. The predicted octanol–water partition coefficient (Wildman–Crippen LogP) is 5.51. The van der Waals surface area contributed by atoms with Gasteiger partial charge in [0.05, 0.1) is 6.21 Å². The molecular weight excluding hydrogens is 390 g/mol. The van der Waals surface area contributed by atoms with Crippen molar-refractivity contribution < 1.29 is 4.79 Å². The highest BCUT2D eigenvalue weighted by Gasteiger charge is 2.12. The number of anilines is 1. The number of rotatable bonds is 6. The van der Waals surface area contributed by atoms with E-state index in [1.54, 1.807) is 18.0 Å². The second kappa shape index (κ2) is 9.63. The Labute approximate surface area is 182 Å². The summed E-state index contributed by atoms with van der Waals surface area (Å²) in [6.07, 6.45) is 4.14. The van der Waals surface area contributed by atoms with Gasteiger partial charge in [0.1, 0.15) is 0 Å². The summed E-state index contributed by atoms with van der Waals surface area (Å²) in [5.74, 6) is -0.203. The highest BCUT2D eigenvalue weighted by Crippen LogP contribution is 2.27. The Kier molecular flexibility index (Phi) is 6.50. The molecule has 0 bridgehead atoms. The van der Waals surface area contributed by atoms with Crippen molar-refractivity contribution >= 4 is 29.6 Å². The SMILES string of the molecule is Cc1ccc(Sc2ccc(/C=N\NC(=O)c3ccc(N4CCCC4)cc3)cc2)cc1. The standard InChI is InChI=1S/C25H25N3OS/c1-19-4-12-23(13-5-19)30-24-14-6-20(7-15-24)18-26-27-25(29)21-8-10-22(11-9-21)28-16-2-3-17-28/h4-15,18H,2-3,16-17H2,1H3,(H,27,29)/b26-18-. The summed E-state index contributed by atoms with van der Waals surface area (Å²) in [5, 5.41) is 4.10. The molecule has 4 nitrogen and oxygen atoms in total. The van der Waals surface area contributed by atoms with Crippen molar-refractivity contribution in [1.29, 1.82) is 0 Å². The number of carbonyl (C=O) groups excluding carboxylic acids is 1.